The van der Waals surface area contributed by atoms with Gasteiger partial charge in [-0.3, -0.25) is 0 Å². The number of hydrogen-bond donors (Lipinski definition) is 0. The van der Waals surface area contributed by atoms with Gasteiger partial charge in [-0.1, -0.05) is 50.8 Å². The molecule has 0 nitrogen and oxygen atoms in total. The van der Waals surface area contributed by atoms with Gasteiger partial charge in [-0.15, -0.1) is 0 Å². The second kappa shape index (κ2) is 7.33. The predicted molar refractivity (Wildman–Crippen MR) is 54.7 cm³/mol. The summed E-state index contributed by atoms with van der Waals surface area (Å²) in [5.41, 5.74) is 2.28. The molecule has 11 heavy (non-hydrogen) atoms. The summed E-state index contributed by atoms with van der Waals surface area (Å²) in [4.78, 5) is 0. The van der Waals surface area contributed by atoms with Gasteiger partial charge in [0.1, 0.15) is 0 Å². The molecule has 0 heteroatoms. The second-order valence-corrected chi connectivity index (χ2v) is 3.05. The van der Waals surface area contributed by atoms with Gasteiger partial charge in [-0.05, 0) is 19.8 Å². The Morgan fingerprint density at radius 1 is 1.18 bits per heavy atom. The van der Waals surface area contributed by atoms with Crippen molar-refractivity contribution in [2.45, 2.75) is 27.7 Å². The van der Waals surface area contributed by atoms with E-state index in [1.54, 1.807) is 6.08 Å². The standard InChI is InChI=1S/C6H12.C5H8/c1-5(2)6(3)4;1-4-5(2)3/h6H,1H2,2-4H3;4H,1-2H2,3H3. The van der Waals surface area contributed by atoms with Crippen molar-refractivity contribution < 1.29 is 0 Å². The molecule has 0 aromatic heterocycles. The summed E-state index contributed by atoms with van der Waals surface area (Å²) in [6.45, 7) is 19.0. The molecule has 0 aromatic rings. The van der Waals surface area contributed by atoms with Crippen molar-refractivity contribution in [3.05, 3.63) is 37.0 Å². The summed E-state index contributed by atoms with van der Waals surface area (Å²) in [6.07, 6.45) is 1.72. The number of rotatable bonds is 2. The lowest BCUT2D eigenvalue weighted by Gasteiger charge is -1.97. The fourth-order valence-corrected chi connectivity index (χ4v) is 0. The Kier molecular flexibility index (Phi) is 8.57. The van der Waals surface area contributed by atoms with E-state index in [1.165, 1.54) is 5.57 Å². The lowest BCUT2D eigenvalue weighted by atomic mass is 10.1. The van der Waals surface area contributed by atoms with Gasteiger partial charge >= 0.3 is 0 Å². The van der Waals surface area contributed by atoms with Gasteiger partial charge in [0.2, 0.25) is 0 Å². The van der Waals surface area contributed by atoms with E-state index in [-0.39, 0.29) is 0 Å². The van der Waals surface area contributed by atoms with Gasteiger partial charge in [0.15, 0.2) is 0 Å². The van der Waals surface area contributed by atoms with Crippen molar-refractivity contribution >= 4 is 0 Å². The molecule has 0 aromatic carbocycles. The molecule has 0 aliphatic rings. The molecule has 0 aliphatic carbocycles. The summed E-state index contributed by atoms with van der Waals surface area (Å²) in [6, 6.07) is 0. The quantitative estimate of drug-likeness (QED) is 0.415. The predicted octanol–water partition coefficient (Wildman–Crippen LogP) is 3.97. The van der Waals surface area contributed by atoms with Gasteiger partial charge in [-0.2, -0.15) is 0 Å². The van der Waals surface area contributed by atoms with Gasteiger partial charge in [0, 0.05) is 0 Å². The first-order valence-corrected chi connectivity index (χ1v) is 3.85. The van der Waals surface area contributed by atoms with E-state index in [1.807, 2.05) is 13.8 Å². The highest BCUT2D eigenvalue weighted by Gasteiger charge is 1.87. The van der Waals surface area contributed by atoms with Crippen LogP contribution < -0.4 is 0 Å². The van der Waals surface area contributed by atoms with Gasteiger partial charge < -0.3 is 0 Å². The Labute approximate surface area is 71.3 Å². The fraction of sp³-hybridized carbons (Fsp3) is 0.455. The van der Waals surface area contributed by atoms with Crippen LogP contribution in [0.2, 0.25) is 0 Å². The van der Waals surface area contributed by atoms with Crippen LogP contribution in [0.3, 0.4) is 0 Å². The van der Waals surface area contributed by atoms with Crippen LogP contribution >= 0.6 is 0 Å². The van der Waals surface area contributed by atoms with Crippen LogP contribution in [-0.2, 0) is 0 Å². The third-order valence-corrected chi connectivity index (χ3v) is 1.33. The van der Waals surface area contributed by atoms with Gasteiger partial charge in [0.25, 0.3) is 0 Å². The molecule has 0 aliphatic heterocycles. The number of allylic oxidation sites excluding steroid dienone is 3. The summed E-state index contributed by atoms with van der Waals surface area (Å²) >= 11 is 0. The highest BCUT2D eigenvalue weighted by molar-refractivity contribution is 5.05. The van der Waals surface area contributed by atoms with Crippen LogP contribution in [0.15, 0.2) is 37.0 Å². The maximum Gasteiger partial charge on any atom is -0.0266 e. The van der Waals surface area contributed by atoms with Crippen LogP contribution in [0.5, 0.6) is 0 Å². The first-order chi connectivity index (χ1) is 4.91. The molecule has 0 amide bonds. The molecular formula is C11H20. The van der Waals surface area contributed by atoms with Crippen molar-refractivity contribution in [3.8, 4) is 0 Å². The molecule has 0 unspecified atom stereocenters. The third kappa shape index (κ3) is 17.6. The molecule has 0 spiro atoms. The van der Waals surface area contributed by atoms with Crippen LogP contribution in [0.4, 0.5) is 0 Å². The first kappa shape index (κ1) is 12.9. The van der Waals surface area contributed by atoms with Crippen molar-refractivity contribution in [1.29, 1.82) is 0 Å². The van der Waals surface area contributed by atoms with E-state index >= 15 is 0 Å². The minimum absolute atomic E-state index is 0.657. The molecule has 0 radical (unpaired) electrons. The molecule has 0 N–H and O–H groups in total. The van der Waals surface area contributed by atoms with E-state index in [0.717, 1.165) is 5.57 Å². The van der Waals surface area contributed by atoms with E-state index in [4.69, 9.17) is 0 Å². The third-order valence-electron chi connectivity index (χ3n) is 1.33. The van der Waals surface area contributed by atoms with Crippen LogP contribution in [0.1, 0.15) is 27.7 Å². The number of hydrogen-bond acceptors (Lipinski definition) is 0. The van der Waals surface area contributed by atoms with Gasteiger partial charge in [-0.25, -0.2) is 0 Å². The summed E-state index contributed by atoms with van der Waals surface area (Å²) in [5, 5.41) is 0. The smallest absolute Gasteiger partial charge is 0.0266 e. The van der Waals surface area contributed by atoms with E-state index in [2.05, 4.69) is 33.6 Å². The monoisotopic (exact) mass is 152 g/mol. The van der Waals surface area contributed by atoms with E-state index in [9.17, 15) is 0 Å². The largest absolute Gasteiger partial charge is 0.0999 e. The SMILES string of the molecule is C=C(C)C(C)C.C=CC(=C)C. The lowest BCUT2D eigenvalue weighted by Crippen LogP contribution is -1.83. The minimum Gasteiger partial charge on any atom is -0.0999 e. The molecule has 0 bridgehead atoms. The van der Waals surface area contributed by atoms with Crippen LogP contribution in [0, 0.1) is 5.92 Å². The Bertz CT molecular complexity index is 138. The zero-order chi connectivity index (χ0) is 9.44. The summed E-state index contributed by atoms with van der Waals surface area (Å²) in [5.74, 6) is 0.657. The van der Waals surface area contributed by atoms with Crippen molar-refractivity contribution in [3.63, 3.8) is 0 Å². The van der Waals surface area contributed by atoms with Gasteiger partial charge in [0.05, 0.1) is 0 Å². The van der Waals surface area contributed by atoms with Crippen LogP contribution in [-0.4, -0.2) is 0 Å². The molecule has 0 atom stereocenters. The van der Waals surface area contributed by atoms with Crippen LogP contribution in [0.25, 0.3) is 0 Å². The van der Waals surface area contributed by atoms with E-state index in [0.29, 0.717) is 5.92 Å². The topological polar surface area (TPSA) is 0 Å². The zero-order valence-corrected chi connectivity index (χ0v) is 8.28. The first-order valence-electron chi connectivity index (χ1n) is 3.85. The second-order valence-electron chi connectivity index (χ2n) is 3.05. The average molecular weight is 152 g/mol. The molecule has 0 saturated heterocycles. The zero-order valence-electron chi connectivity index (χ0n) is 8.28. The van der Waals surface area contributed by atoms with Crippen molar-refractivity contribution in [2.75, 3.05) is 0 Å². The van der Waals surface area contributed by atoms with Crippen molar-refractivity contribution in [2.24, 2.45) is 5.92 Å². The Balaban J connectivity index is 0. The summed E-state index contributed by atoms with van der Waals surface area (Å²) in [7, 11) is 0. The molecule has 0 heterocycles. The Morgan fingerprint density at radius 3 is 1.36 bits per heavy atom. The van der Waals surface area contributed by atoms with E-state index < -0.39 is 0 Å². The molecule has 0 fully saturated rings. The molecular weight excluding hydrogens is 132 g/mol. The fourth-order valence-electron chi connectivity index (χ4n) is 0. The minimum atomic E-state index is 0.657. The summed E-state index contributed by atoms with van der Waals surface area (Å²) < 4.78 is 0. The Morgan fingerprint density at radius 2 is 1.36 bits per heavy atom. The van der Waals surface area contributed by atoms with Crippen molar-refractivity contribution in [1.82, 2.24) is 0 Å². The lowest BCUT2D eigenvalue weighted by molar-refractivity contribution is 0.773. The Hall–Kier alpha value is -0.780. The molecule has 0 saturated carbocycles. The highest BCUT2D eigenvalue weighted by Crippen LogP contribution is 2.02. The molecule has 0 rings (SSSR count). The maximum absolute atomic E-state index is 3.75. The molecule has 64 valence electrons. The normalized spacial score (nSPS) is 8.09. The highest BCUT2D eigenvalue weighted by atomic mass is 13.9. The average Bonchev–Trinajstić information content (AvgIpc) is 1.89. The maximum atomic E-state index is 3.75.